The molecule has 0 unspecified atom stereocenters. The molecular weight excluding hydrogens is 260 g/mol. The molecule has 108 valence electrons. The molecule has 0 amide bonds. The van der Waals surface area contributed by atoms with E-state index in [1.165, 1.54) is 11.8 Å². The molecule has 4 nitrogen and oxygen atoms in total. The first-order valence-electron chi connectivity index (χ1n) is 5.59. The molecule has 0 bridgehead atoms. The first-order chi connectivity index (χ1) is 7.29. The van der Waals surface area contributed by atoms with Crippen molar-refractivity contribution in [2.75, 3.05) is 0 Å². The van der Waals surface area contributed by atoms with Gasteiger partial charge >= 0.3 is 29.5 Å². The third-order valence-corrected chi connectivity index (χ3v) is 2.31. The van der Waals surface area contributed by atoms with Gasteiger partial charge in [0.2, 0.25) is 0 Å². The van der Waals surface area contributed by atoms with E-state index in [9.17, 15) is 0 Å². The monoisotopic (exact) mass is 288 g/mol. The molecule has 0 saturated carbocycles. The van der Waals surface area contributed by atoms with Gasteiger partial charge in [0, 0.05) is 0 Å². The van der Waals surface area contributed by atoms with Crippen molar-refractivity contribution < 1.29 is 29.5 Å². The second-order valence-electron chi connectivity index (χ2n) is 4.91. The van der Waals surface area contributed by atoms with Gasteiger partial charge in [-0.3, -0.25) is 0 Å². The Bertz CT molecular complexity index is 209. The van der Waals surface area contributed by atoms with Crippen molar-refractivity contribution >= 4 is 0 Å². The zero-order valence-electron chi connectivity index (χ0n) is 12.3. The van der Waals surface area contributed by atoms with Crippen LogP contribution < -0.4 is 0 Å². The van der Waals surface area contributed by atoms with Gasteiger partial charge in [0.25, 0.3) is 0 Å². The van der Waals surface area contributed by atoms with E-state index < -0.39 is 13.6 Å². The van der Waals surface area contributed by atoms with Crippen LogP contribution in [0.15, 0.2) is 0 Å². The third kappa shape index (κ3) is 48.9. The molecule has 0 rings (SSSR count). The Labute approximate surface area is 109 Å². The minimum atomic E-state index is -5.25. The molecule has 5 heteroatoms. The summed E-state index contributed by atoms with van der Waals surface area (Å²) in [4.78, 5) is 0. The van der Waals surface area contributed by atoms with E-state index in [-0.39, 0.29) is 0 Å². The fourth-order valence-electron chi connectivity index (χ4n) is 0. The van der Waals surface area contributed by atoms with Gasteiger partial charge in [-0.15, -0.1) is 0 Å². The maximum absolute atomic E-state index is 8.82. The third-order valence-electron chi connectivity index (χ3n) is 2.31. The summed E-state index contributed by atoms with van der Waals surface area (Å²) < 4.78 is 31.9. The van der Waals surface area contributed by atoms with Crippen LogP contribution in [0.5, 0.6) is 0 Å². The quantitative estimate of drug-likeness (QED) is 0.765. The molecule has 0 aromatic rings. The van der Waals surface area contributed by atoms with Crippen molar-refractivity contribution in [1.29, 1.82) is 0 Å². The molecule has 0 saturated heterocycles. The van der Waals surface area contributed by atoms with Gasteiger partial charge in [-0.1, -0.05) is 27.7 Å². The SMILES string of the molecule is C[C-](C)C(C)C.C[C-](C)C(C)C.[O]=[Cr](=[O])([OH])[OH]. The van der Waals surface area contributed by atoms with Crippen molar-refractivity contribution in [3.05, 3.63) is 11.8 Å². The average Bonchev–Trinajstić information content (AvgIpc) is 2.01. The van der Waals surface area contributed by atoms with Crippen molar-refractivity contribution in [2.24, 2.45) is 11.8 Å². The Kier molecular flexibility index (Phi) is 14.6. The van der Waals surface area contributed by atoms with Gasteiger partial charge in [0.1, 0.15) is 0 Å². The van der Waals surface area contributed by atoms with Crippen LogP contribution in [0.1, 0.15) is 55.4 Å². The standard InChI is InChI=1S/2C6H13.Cr.2H2O.2O/c2*1-5(2)6(3)4;;;;;/h2*5H,1-4H3;;2*1H2;;/q2*-1;+2;;;;/p-2. The molecule has 0 aromatic heterocycles. The van der Waals surface area contributed by atoms with Crippen molar-refractivity contribution in [2.45, 2.75) is 55.4 Å². The Morgan fingerprint density at radius 1 is 0.765 bits per heavy atom. The van der Waals surface area contributed by atoms with Gasteiger partial charge in [0.05, 0.1) is 0 Å². The van der Waals surface area contributed by atoms with Crippen molar-refractivity contribution in [1.82, 2.24) is 0 Å². The Balaban J connectivity index is -0.000000174. The summed E-state index contributed by atoms with van der Waals surface area (Å²) in [5.74, 6) is 4.56. The Morgan fingerprint density at radius 2 is 0.824 bits per heavy atom. The summed E-state index contributed by atoms with van der Waals surface area (Å²) in [5, 5.41) is 0. The first-order valence-corrected chi connectivity index (χ1v) is 7.77. The molecule has 0 spiro atoms. The van der Waals surface area contributed by atoms with Gasteiger partial charge in [-0.2, -0.15) is 39.5 Å². The average molecular weight is 288 g/mol. The second-order valence-corrected chi connectivity index (χ2v) is 6.31. The first kappa shape index (κ1) is 22.3. The fourth-order valence-corrected chi connectivity index (χ4v) is 0. The zero-order chi connectivity index (χ0) is 14.8. The van der Waals surface area contributed by atoms with Gasteiger partial charge in [-0.25, -0.2) is 0 Å². The van der Waals surface area contributed by atoms with Crippen LogP contribution >= 0.6 is 0 Å². The van der Waals surface area contributed by atoms with Crippen LogP contribution in [0, 0.1) is 23.7 Å². The summed E-state index contributed by atoms with van der Waals surface area (Å²) in [5.41, 5.74) is 0. The molecular formula is C12H28CrO4-2. The van der Waals surface area contributed by atoms with Crippen LogP contribution in [0.4, 0.5) is 0 Å². The molecule has 0 heterocycles. The Hall–Kier alpha value is 0.0525. The molecule has 0 fully saturated rings. The fraction of sp³-hybridized carbons (Fsp3) is 0.833. The van der Waals surface area contributed by atoms with E-state index in [1.54, 1.807) is 0 Å². The summed E-state index contributed by atoms with van der Waals surface area (Å²) >= 11 is -5.25. The topological polar surface area (TPSA) is 74.6 Å². The van der Waals surface area contributed by atoms with Gasteiger partial charge < -0.3 is 11.8 Å². The number of hydrogen-bond acceptors (Lipinski definition) is 2. The van der Waals surface area contributed by atoms with Crippen LogP contribution in [-0.4, -0.2) is 8.32 Å². The summed E-state index contributed by atoms with van der Waals surface area (Å²) in [6.45, 7) is 17.4. The van der Waals surface area contributed by atoms with Gasteiger partial charge in [-0.05, 0) is 0 Å². The Morgan fingerprint density at radius 3 is 0.824 bits per heavy atom. The molecule has 0 atom stereocenters. The molecule has 0 aromatic carbocycles. The maximum atomic E-state index is 8.82. The summed E-state index contributed by atoms with van der Waals surface area (Å²) in [7, 11) is 0. The second kappa shape index (κ2) is 11.2. The number of rotatable bonds is 2. The number of hydrogen-bond donors (Lipinski definition) is 2. The predicted octanol–water partition coefficient (Wildman–Crippen LogP) is 3.16. The molecule has 0 radical (unpaired) electrons. The van der Waals surface area contributed by atoms with Crippen LogP contribution in [0.2, 0.25) is 0 Å². The van der Waals surface area contributed by atoms with Crippen molar-refractivity contribution in [3.63, 3.8) is 0 Å². The normalized spacial score (nSPS) is 11.2. The van der Waals surface area contributed by atoms with E-state index in [0.29, 0.717) is 0 Å². The molecule has 0 aliphatic carbocycles. The van der Waals surface area contributed by atoms with Crippen LogP contribution in [0.25, 0.3) is 0 Å². The summed E-state index contributed by atoms with van der Waals surface area (Å²) in [6, 6.07) is 0. The summed E-state index contributed by atoms with van der Waals surface area (Å²) in [6.07, 6.45) is 0. The van der Waals surface area contributed by atoms with Crippen molar-refractivity contribution in [3.8, 4) is 0 Å². The predicted molar refractivity (Wildman–Crippen MR) is 64.7 cm³/mol. The van der Waals surface area contributed by atoms with Gasteiger partial charge in [0.15, 0.2) is 0 Å². The molecule has 17 heavy (non-hydrogen) atoms. The van der Waals surface area contributed by atoms with E-state index in [1.807, 2.05) is 0 Å². The minimum absolute atomic E-state index is 0.769. The molecule has 0 aliphatic rings. The molecule has 0 aliphatic heterocycles. The van der Waals surface area contributed by atoms with E-state index in [4.69, 9.17) is 15.9 Å². The van der Waals surface area contributed by atoms with Crippen LogP contribution in [0.3, 0.4) is 0 Å². The van der Waals surface area contributed by atoms with Crippen LogP contribution in [-0.2, 0) is 21.2 Å². The zero-order valence-corrected chi connectivity index (χ0v) is 13.5. The molecule has 2 N–H and O–H groups in total. The van der Waals surface area contributed by atoms with E-state index >= 15 is 0 Å². The van der Waals surface area contributed by atoms with E-state index in [2.05, 4.69) is 55.4 Å². The van der Waals surface area contributed by atoms with E-state index in [0.717, 1.165) is 11.8 Å².